The number of sulfonamides is 1. The van der Waals surface area contributed by atoms with Gasteiger partial charge in [0, 0.05) is 18.7 Å². The van der Waals surface area contributed by atoms with Crippen LogP contribution in [0.2, 0.25) is 0 Å². The van der Waals surface area contributed by atoms with Crippen molar-refractivity contribution in [3.05, 3.63) is 54.1 Å². The van der Waals surface area contributed by atoms with Crippen LogP contribution in [0, 0.1) is 0 Å². The van der Waals surface area contributed by atoms with Gasteiger partial charge in [-0.25, -0.2) is 8.42 Å². The zero-order valence-electron chi connectivity index (χ0n) is 10.7. The van der Waals surface area contributed by atoms with Gasteiger partial charge in [-0.1, -0.05) is 49.4 Å². The van der Waals surface area contributed by atoms with Gasteiger partial charge in [0.25, 0.3) is 0 Å². The summed E-state index contributed by atoms with van der Waals surface area (Å²) < 4.78 is 26.8. The molecule has 3 nitrogen and oxygen atoms in total. The predicted octanol–water partition coefficient (Wildman–Crippen LogP) is 2.88. The van der Waals surface area contributed by atoms with E-state index < -0.39 is 10.0 Å². The van der Waals surface area contributed by atoms with Gasteiger partial charge in [0.15, 0.2) is 0 Å². The van der Waals surface area contributed by atoms with Crippen molar-refractivity contribution in [1.29, 1.82) is 0 Å². The molecule has 0 bridgehead atoms. The Hall–Kier alpha value is -1.65. The van der Waals surface area contributed by atoms with E-state index in [4.69, 9.17) is 0 Å². The standard InChI is InChI=1S/C15H15NO2S/c1-2-16-11-12-7-3-4-8-13(12)14-9-5-6-10-15(14)19(16,17)18/h3-10H,2,11H2,1H3. The van der Waals surface area contributed by atoms with Crippen LogP contribution in [0.25, 0.3) is 11.1 Å². The first kappa shape index (κ1) is 12.4. The first-order chi connectivity index (χ1) is 9.14. The van der Waals surface area contributed by atoms with Crippen LogP contribution in [0.4, 0.5) is 0 Å². The van der Waals surface area contributed by atoms with E-state index in [0.717, 1.165) is 16.7 Å². The van der Waals surface area contributed by atoms with Crippen LogP contribution in [0.15, 0.2) is 53.4 Å². The molecule has 1 aliphatic rings. The number of rotatable bonds is 1. The molecule has 2 aromatic carbocycles. The van der Waals surface area contributed by atoms with E-state index in [1.54, 1.807) is 12.1 Å². The van der Waals surface area contributed by atoms with Crippen molar-refractivity contribution in [2.75, 3.05) is 6.54 Å². The molecule has 1 aliphatic heterocycles. The summed E-state index contributed by atoms with van der Waals surface area (Å²) in [6, 6.07) is 15.1. The summed E-state index contributed by atoms with van der Waals surface area (Å²) in [6.07, 6.45) is 0. The monoisotopic (exact) mass is 273 g/mol. The molecule has 0 fully saturated rings. The lowest BCUT2D eigenvalue weighted by molar-refractivity contribution is 0.426. The Morgan fingerprint density at radius 2 is 1.63 bits per heavy atom. The van der Waals surface area contributed by atoms with Gasteiger partial charge in [0.1, 0.15) is 0 Å². The van der Waals surface area contributed by atoms with E-state index in [9.17, 15) is 8.42 Å². The highest BCUT2D eigenvalue weighted by Crippen LogP contribution is 2.36. The van der Waals surface area contributed by atoms with Gasteiger partial charge in [0.05, 0.1) is 4.90 Å². The second-order valence-corrected chi connectivity index (χ2v) is 6.49. The molecule has 98 valence electrons. The Morgan fingerprint density at radius 1 is 1.00 bits per heavy atom. The van der Waals surface area contributed by atoms with Crippen molar-refractivity contribution < 1.29 is 8.42 Å². The second-order valence-electron chi connectivity index (χ2n) is 4.58. The molecular weight excluding hydrogens is 258 g/mol. The predicted molar refractivity (Wildman–Crippen MR) is 75.1 cm³/mol. The highest BCUT2D eigenvalue weighted by Gasteiger charge is 2.30. The van der Waals surface area contributed by atoms with Crippen LogP contribution >= 0.6 is 0 Å². The molecule has 2 aromatic rings. The first-order valence-electron chi connectivity index (χ1n) is 6.32. The second kappa shape index (κ2) is 4.47. The molecule has 0 unspecified atom stereocenters. The molecule has 3 rings (SSSR count). The van der Waals surface area contributed by atoms with Crippen molar-refractivity contribution >= 4 is 10.0 Å². The minimum atomic E-state index is -3.40. The minimum absolute atomic E-state index is 0.404. The smallest absolute Gasteiger partial charge is 0.207 e. The first-order valence-corrected chi connectivity index (χ1v) is 7.76. The molecule has 0 radical (unpaired) electrons. The Kier molecular flexibility index (Phi) is 2.92. The fourth-order valence-electron chi connectivity index (χ4n) is 2.53. The molecule has 0 aliphatic carbocycles. The van der Waals surface area contributed by atoms with Crippen molar-refractivity contribution in [3.63, 3.8) is 0 Å². The summed E-state index contributed by atoms with van der Waals surface area (Å²) in [6.45, 7) is 2.78. The molecule has 4 heteroatoms. The Morgan fingerprint density at radius 3 is 2.37 bits per heavy atom. The van der Waals surface area contributed by atoms with E-state index in [0.29, 0.717) is 18.0 Å². The maximum Gasteiger partial charge on any atom is 0.243 e. The summed E-state index contributed by atoms with van der Waals surface area (Å²) in [5, 5.41) is 0. The number of fused-ring (bicyclic) bond motifs is 3. The van der Waals surface area contributed by atoms with Gasteiger partial charge in [-0.3, -0.25) is 0 Å². The van der Waals surface area contributed by atoms with Crippen LogP contribution in [0.3, 0.4) is 0 Å². The van der Waals surface area contributed by atoms with Gasteiger partial charge >= 0.3 is 0 Å². The molecule has 19 heavy (non-hydrogen) atoms. The Balaban J connectivity index is 2.37. The van der Waals surface area contributed by atoms with Crippen molar-refractivity contribution in [2.45, 2.75) is 18.4 Å². The lowest BCUT2D eigenvalue weighted by Crippen LogP contribution is -2.29. The molecule has 0 N–H and O–H groups in total. The van der Waals surface area contributed by atoms with Crippen LogP contribution in [-0.4, -0.2) is 19.3 Å². The molecule has 0 saturated heterocycles. The lowest BCUT2D eigenvalue weighted by Gasteiger charge is -2.18. The van der Waals surface area contributed by atoms with Gasteiger partial charge in [-0.2, -0.15) is 4.31 Å². The van der Waals surface area contributed by atoms with Gasteiger partial charge in [-0.15, -0.1) is 0 Å². The largest absolute Gasteiger partial charge is 0.243 e. The SMILES string of the molecule is CCN1Cc2ccccc2-c2ccccc2S1(=O)=O. The third kappa shape index (κ3) is 1.88. The van der Waals surface area contributed by atoms with E-state index >= 15 is 0 Å². The summed E-state index contributed by atoms with van der Waals surface area (Å²) in [7, 11) is -3.40. The molecule has 0 aromatic heterocycles. The van der Waals surface area contributed by atoms with E-state index in [1.165, 1.54) is 4.31 Å². The average molecular weight is 273 g/mol. The Bertz CT molecular complexity index is 722. The molecule has 0 spiro atoms. The number of benzene rings is 2. The maximum atomic E-state index is 12.6. The van der Waals surface area contributed by atoms with Crippen LogP contribution in [-0.2, 0) is 16.6 Å². The average Bonchev–Trinajstić information content (AvgIpc) is 2.53. The minimum Gasteiger partial charge on any atom is -0.207 e. The van der Waals surface area contributed by atoms with Gasteiger partial charge < -0.3 is 0 Å². The molecular formula is C15H15NO2S. The van der Waals surface area contributed by atoms with Crippen LogP contribution < -0.4 is 0 Å². The summed E-state index contributed by atoms with van der Waals surface area (Å²) in [5.41, 5.74) is 2.87. The number of hydrogen-bond donors (Lipinski definition) is 0. The van der Waals surface area contributed by atoms with Crippen LogP contribution in [0.5, 0.6) is 0 Å². The highest BCUT2D eigenvalue weighted by molar-refractivity contribution is 7.89. The zero-order chi connectivity index (χ0) is 13.5. The third-order valence-electron chi connectivity index (χ3n) is 3.51. The summed E-state index contributed by atoms with van der Waals surface area (Å²) in [5.74, 6) is 0. The lowest BCUT2D eigenvalue weighted by atomic mass is 10.00. The highest BCUT2D eigenvalue weighted by atomic mass is 32.2. The third-order valence-corrected chi connectivity index (χ3v) is 5.49. The molecule has 0 amide bonds. The van der Waals surface area contributed by atoms with Gasteiger partial charge in [-0.05, 0) is 17.2 Å². The zero-order valence-corrected chi connectivity index (χ0v) is 11.5. The normalized spacial score (nSPS) is 17.3. The van der Waals surface area contributed by atoms with E-state index in [1.807, 2.05) is 43.3 Å². The summed E-state index contributed by atoms with van der Waals surface area (Å²) in [4.78, 5) is 0.404. The quantitative estimate of drug-likeness (QED) is 0.801. The molecule has 0 atom stereocenters. The van der Waals surface area contributed by atoms with Crippen LogP contribution in [0.1, 0.15) is 12.5 Å². The summed E-state index contributed by atoms with van der Waals surface area (Å²) >= 11 is 0. The Labute approximate surface area is 113 Å². The van der Waals surface area contributed by atoms with E-state index in [-0.39, 0.29) is 0 Å². The van der Waals surface area contributed by atoms with Gasteiger partial charge in [0.2, 0.25) is 10.0 Å². The fraction of sp³-hybridized carbons (Fsp3) is 0.200. The molecule has 0 saturated carbocycles. The van der Waals surface area contributed by atoms with Crippen molar-refractivity contribution in [3.8, 4) is 11.1 Å². The van der Waals surface area contributed by atoms with Crippen molar-refractivity contribution in [1.82, 2.24) is 4.31 Å². The number of hydrogen-bond acceptors (Lipinski definition) is 2. The number of nitrogens with zero attached hydrogens (tertiary/aromatic N) is 1. The maximum absolute atomic E-state index is 12.6. The van der Waals surface area contributed by atoms with E-state index in [2.05, 4.69) is 0 Å². The molecule has 1 heterocycles. The fourth-order valence-corrected chi connectivity index (χ4v) is 4.16. The topological polar surface area (TPSA) is 37.4 Å². The van der Waals surface area contributed by atoms with Crippen molar-refractivity contribution in [2.24, 2.45) is 0 Å².